The first-order valence-electron chi connectivity index (χ1n) is 6.05. The summed E-state index contributed by atoms with van der Waals surface area (Å²) in [5.74, 6) is 0.765. The van der Waals surface area contributed by atoms with Crippen molar-refractivity contribution in [3.8, 4) is 11.8 Å². The summed E-state index contributed by atoms with van der Waals surface area (Å²) >= 11 is 3.58. The Hall–Kier alpha value is -1.05. The zero-order chi connectivity index (χ0) is 12.8. The molecule has 0 bridgehead atoms. The van der Waals surface area contributed by atoms with Crippen molar-refractivity contribution in [3.05, 3.63) is 29.8 Å². The fourth-order valence-electron chi connectivity index (χ4n) is 2.01. The van der Waals surface area contributed by atoms with Crippen LogP contribution in [-0.2, 0) is 4.74 Å². The number of benzene rings is 1. The van der Waals surface area contributed by atoms with Crippen LogP contribution < -0.4 is 4.74 Å². The lowest BCUT2D eigenvalue weighted by molar-refractivity contribution is 0.00354. The topological polar surface area (TPSA) is 42.2 Å². The molecule has 0 N–H and O–H groups in total. The molecule has 1 saturated heterocycles. The molecule has 2 rings (SSSR count). The third kappa shape index (κ3) is 3.24. The molecule has 0 aliphatic carbocycles. The molecule has 1 aromatic rings. The minimum atomic E-state index is 0.154. The van der Waals surface area contributed by atoms with Crippen LogP contribution in [0.1, 0.15) is 18.4 Å². The fraction of sp³-hybridized carbons (Fsp3) is 0.500. The van der Waals surface area contributed by atoms with E-state index < -0.39 is 0 Å². The molecule has 1 heterocycles. The standard InChI is InChI=1S/C14H16BrNO2/c15-10-14(4-6-17-7-5-14)11-18-13-3-1-2-12(8-13)9-16/h1-3,8H,4-7,10-11H2. The molecule has 0 aromatic heterocycles. The molecule has 1 fully saturated rings. The maximum absolute atomic E-state index is 8.85. The van der Waals surface area contributed by atoms with Crippen molar-refractivity contribution >= 4 is 15.9 Å². The van der Waals surface area contributed by atoms with Gasteiger partial charge in [0.15, 0.2) is 0 Å². The fourth-order valence-corrected chi connectivity index (χ4v) is 2.74. The molecule has 4 heteroatoms. The number of rotatable bonds is 4. The van der Waals surface area contributed by atoms with Gasteiger partial charge >= 0.3 is 0 Å². The zero-order valence-electron chi connectivity index (χ0n) is 10.2. The Labute approximate surface area is 116 Å². The van der Waals surface area contributed by atoms with E-state index >= 15 is 0 Å². The number of alkyl halides is 1. The van der Waals surface area contributed by atoms with E-state index in [-0.39, 0.29) is 5.41 Å². The van der Waals surface area contributed by atoms with E-state index in [4.69, 9.17) is 14.7 Å². The predicted octanol–water partition coefficient (Wildman–Crippen LogP) is 3.13. The number of hydrogen-bond donors (Lipinski definition) is 0. The van der Waals surface area contributed by atoms with Crippen molar-refractivity contribution < 1.29 is 9.47 Å². The summed E-state index contributed by atoms with van der Waals surface area (Å²) in [6.45, 7) is 2.26. The Morgan fingerprint density at radius 2 is 2.17 bits per heavy atom. The normalized spacial score (nSPS) is 18.0. The van der Waals surface area contributed by atoms with E-state index in [0.717, 1.165) is 37.1 Å². The monoisotopic (exact) mass is 309 g/mol. The van der Waals surface area contributed by atoms with Gasteiger partial charge in [0.25, 0.3) is 0 Å². The number of hydrogen-bond acceptors (Lipinski definition) is 3. The Bertz CT molecular complexity index is 436. The highest BCUT2D eigenvalue weighted by atomic mass is 79.9. The highest BCUT2D eigenvalue weighted by molar-refractivity contribution is 9.09. The van der Waals surface area contributed by atoms with Crippen molar-refractivity contribution in [3.63, 3.8) is 0 Å². The van der Waals surface area contributed by atoms with Gasteiger partial charge in [0, 0.05) is 24.0 Å². The SMILES string of the molecule is N#Cc1cccc(OCC2(CBr)CCOCC2)c1. The van der Waals surface area contributed by atoms with Gasteiger partial charge in [-0.2, -0.15) is 5.26 Å². The first kappa shape index (κ1) is 13.4. The molecule has 0 unspecified atom stereocenters. The molecule has 0 amide bonds. The highest BCUT2D eigenvalue weighted by Crippen LogP contribution is 2.33. The van der Waals surface area contributed by atoms with Crippen LogP contribution in [0.2, 0.25) is 0 Å². The number of halogens is 1. The van der Waals surface area contributed by atoms with E-state index in [1.165, 1.54) is 0 Å². The van der Waals surface area contributed by atoms with Gasteiger partial charge in [0.2, 0.25) is 0 Å². The Kier molecular flexibility index (Phi) is 4.62. The average Bonchev–Trinajstić information content (AvgIpc) is 2.46. The van der Waals surface area contributed by atoms with Crippen molar-refractivity contribution in [2.45, 2.75) is 12.8 Å². The molecule has 1 aromatic carbocycles. The quantitative estimate of drug-likeness (QED) is 0.802. The number of nitrogens with zero attached hydrogens (tertiary/aromatic N) is 1. The van der Waals surface area contributed by atoms with Crippen LogP contribution in [0.15, 0.2) is 24.3 Å². The molecule has 18 heavy (non-hydrogen) atoms. The van der Waals surface area contributed by atoms with Crippen LogP contribution in [0, 0.1) is 16.7 Å². The molecule has 1 aliphatic rings. The van der Waals surface area contributed by atoms with Crippen LogP contribution in [-0.4, -0.2) is 25.2 Å². The average molecular weight is 310 g/mol. The molecule has 0 saturated carbocycles. The zero-order valence-corrected chi connectivity index (χ0v) is 11.8. The molecule has 3 nitrogen and oxygen atoms in total. The lowest BCUT2D eigenvalue weighted by Gasteiger charge is -2.35. The molecule has 1 aliphatic heterocycles. The summed E-state index contributed by atoms with van der Waals surface area (Å²) in [6, 6.07) is 9.41. The van der Waals surface area contributed by atoms with Gasteiger partial charge in [-0.15, -0.1) is 0 Å². The Morgan fingerprint density at radius 3 is 2.83 bits per heavy atom. The predicted molar refractivity (Wildman–Crippen MR) is 72.9 cm³/mol. The maximum atomic E-state index is 8.85. The van der Waals surface area contributed by atoms with E-state index in [9.17, 15) is 0 Å². The van der Waals surface area contributed by atoms with E-state index in [0.29, 0.717) is 12.2 Å². The molecular formula is C14H16BrNO2. The minimum Gasteiger partial charge on any atom is -0.493 e. The van der Waals surface area contributed by atoms with Crippen LogP contribution in [0.5, 0.6) is 5.75 Å². The second-order valence-electron chi connectivity index (χ2n) is 4.67. The molecule has 96 valence electrons. The van der Waals surface area contributed by atoms with Crippen LogP contribution >= 0.6 is 15.9 Å². The lowest BCUT2D eigenvalue weighted by atomic mass is 9.83. The Balaban J connectivity index is 1.99. The van der Waals surface area contributed by atoms with Crippen LogP contribution in [0.25, 0.3) is 0 Å². The molecule has 0 atom stereocenters. The summed E-state index contributed by atoms with van der Waals surface area (Å²) in [5.41, 5.74) is 0.785. The van der Waals surface area contributed by atoms with E-state index in [2.05, 4.69) is 22.0 Å². The van der Waals surface area contributed by atoms with E-state index in [1.807, 2.05) is 12.1 Å². The summed E-state index contributed by atoms with van der Waals surface area (Å²) in [6.07, 6.45) is 2.02. The summed E-state index contributed by atoms with van der Waals surface area (Å²) in [7, 11) is 0. The smallest absolute Gasteiger partial charge is 0.120 e. The van der Waals surface area contributed by atoms with Gasteiger partial charge in [-0.05, 0) is 31.0 Å². The third-order valence-corrected chi connectivity index (χ3v) is 4.53. The third-order valence-electron chi connectivity index (χ3n) is 3.35. The van der Waals surface area contributed by atoms with Gasteiger partial charge in [0.05, 0.1) is 18.2 Å². The largest absolute Gasteiger partial charge is 0.493 e. The van der Waals surface area contributed by atoms with Gasteiger partial charge in [-0.3, -0.25) is 0 Å². The van der Waals surface area contributed by atoms with Gasteiger partial charge < -0.3 is 9.47 Å². The van der Waals surface area contributed by atoms with E-state index in [1.54, 1.807) is 12.1 Å². The van der Waals surface area contributed by atoms with Crippen molar-refractivity contribution in [1.29, 1.82) is 5.26 Å². The first-order chi connectivity index (χ1) is 8.78. The summed E-state index contributed by atoms with van der Waals surface area (Å²) in [5, 5.41) is 9.76. The Morgan fingerprint density at radius 1 is 1.39 bits per heavy atom. The maximum Gasteiger partial charge on any atom is 0.120 e. The van der Waals surface area contributed by atoms with Crippen molar-refractivity contribution in [2.75, 3.05) is 25.2 Å². The summed E-state index contributed by atoms with van der Waals surface area (Å²) < 4.78 is 11.2. The minimum absolute atomic E-state index is 0.154. The van der Waals surface area contributed by atoms with Gasteiger partial charge in [0.1, 0.15) is 5.75 Å². The van der Waals surface area contributed by atoms with Crippen molar-refractivity contribution in [2.24, 2.45) is 5.41 Å². The van der Waals surface area contributed by atoms with Crippen molar-refractivity contribution in [1.82, 2.24) is 0 Å². The molecule has 0 spiro atoms. The molecular weight excluding hydrogens is 294 g/mol. The summed E-state index contributed by atoms with van der Waals surface area (Å²) in [4.78, 5) is 0. The van der Waals surface area contributed by atoms with Crippen LogP contribution in [0.4, 0.5) is 0 Å². The van der Waals surface area contributed by atoms with Gasteiger partial charge in [-0.25, -0.2) is 0 Å². The molecule has 0 radical (unpaired) electrons. The van der Waals surface area contributed by atoms with Crippen LogP contribution in [0.3, 0.4) is 0 Å². The number of nitriles is 1. The number of ether oxygens (including phenoxy) is 2. The lowest BCUT2D eigenvalue weighted by Crippen LogP contribution is -2.36. The second kappa shape index (κ2) is 6.21. The first-order valence-corrected chi connectivity index (χ1v) is 7.17. The second-order valence-corrected chi connectivity index (χ2v) is 5.24. The highest BCUT2D eigenvalue weighted by Gasteiger charge is 2.32. The van der Waals surface area contributed by atoms with Gasteiger partial charge in [-0.1, -0.05) is 22.0 Å².